The maximum atomic E-state index is 13.3. The number of aromatic amines is 1. The molecule has 5 heteroatoms. The number of imidazole rings is 1. The molecule has 0 atom stereocenters. The number of H-pyrrole nitrogens is 1. The van der Waals surface area contributed by atoms with E-state index in [0.29, 0.717) is 11.3 Å². The second-order valence-corrected chi connectivity index (χ2v) is 6.52. The molecule has 1 aromatic heterocycles. The normalized spacial score (nSPS) is 15.2. The number of para-hydroxylation sites is 1. The summed E-state index contributed by atoms with van der Waals surface area (Å²) in [5.74, 6) is 1.87. The monoisotopic (exact) mass is 352 g/mol. The first kappa shape index (κ1) is 16.6. The lowest BCUT2D eigenvalue weighted by Gasteiger charge is -2.18. The molecule has 0 unspecified atom stereocenters. The van der Waals surface area contributed by atoms with Gasteiger partial charge in [-0.1, -0.05) is 12.1 Å². The number of ether oxygens (including phenoxy) is 2. The van der Waals surface area contributed by atoms with E-state index in [2.05, 4.69) is 9.97 Å². The molecule has 1 N–H and O–H groups in total. The van der Waals surface area contributed by atoms with E-state index in [1.807, 2.05) is 30.4 Å². The van der Waals surface area contributed by atoms with Gasteiger partial charge < -0.3 is 14.5 Å². The van der Waals surface area contributed by atoms with Gasteiger partial charge in [0.1, 0.15) is 11.6 Å². The third-order valence-electron chi connectivity index (χ3n) is 4.70. The number of nitrogens with one attached hydrogen (secondary N) is 1. The van der Waals surface area contributed by atoms with Crippen molar-refractivity contribution < 1.29 is 13.9 Å². The minimum absolute atomic E-state index is 0.243. The van der Waals surface area contributed by atoms with Gasteiger partial charge in [-0.05, 0) is 56.0 Å². The standard InChI is InChI=1S/C21H21FN2O2/c1-25-19-8-4-5-14(21(19)26-16-6-2-3-7-16)9-12-20-23-17-11-10-15(22)13-18(17)24-20/h4-5,8-13,16H,2-3,6-7H2,1H3,(H,23,24)/b12-9+. The van der Waals surface area contributed by atoms with Gasteiger partial charge in [0, 0.05) is 11.6 Å². The largest absolute Gasteiger partial charge is 0.493 e. The van der Waals surface area contributed by atoms with Crippen molar-refractivity contribution in [3.05, 3.63) is 53.6 Å². The van der Waals surface area contributed by atoms with Crippen LogP contribution in [-0.2, 0) is 0 Å². The van der Waals surface area contributed by atoms with Gasteiger partial charge >= 0.3 is 0 Å². The van der Waals surface area contributed by atoms with E-state index in [9.17, 15) is 4.39 Å². The van der Waals surface area contributed by atoms with Crippen LogP contribution in [0.1, 0.15) is 37.1 Å². The number of halogens is 1. The van der Waals surface area contributed by atoms with Crippen molar-refractivity contribution in [2.24, 2.45) is 0 Å². The highest BCUT2D eigenvalue weighted by atomic mass is 19.1. The summed E-state index contributed by atoms with van der Waals surface area (Å²) in [6, 6.07) is 10.4. The van der Waals surface area contributed by atoms with Crippen molar-refractivity contribution in [1.29, 1.82) is 0 Å². The highest BCUT2D eigenvalue weighted by Crippen LogP contribution is 2.35. The van der Waals surface area contributed by atoms with Crippen LogP contribution in [0.2, 0.25) is 0 Å². The summed E-state index contributed by atoms with van der Waals surface area (Å²) in [5, 5.41) is 0. The molecule has 0 saturated heterocycles. The SMILES string of the molecule is COc1cccc(/C=C/c2nc3cc(F)ccc3[nH]2)c1OC1CCCC1. The lowest BCUT2D eigenvalue weighted by Crippen LogP contribution is -2.12. The van der Waals surface area contributed by atoms with Gasteiger partial charge in [-0.3, -0.25) is 0 Å². The van der Waals surface area contributed by atoms with Crippen molar-refractivity contribution in [1.82, 2.24) is 9.97 Å². The highest BCUT2D eigenvalue weighted by molar-refractivity contribution is 5.79. The Balaban J connectivity index is 1.64. The van der Waals surface area contributed by atoms with Gasteiger partial charge in [0.15, 0.2) is 11.5 Å². The van der Waals surface area contributed by atoms with Gasteiger partial charge in [-0.15, -0.1) is 0 Å². The second-order valence-electron chi connectivity index (χ2n) is 6.52. The Morgan fingerprint density at radius 2 is 2.00 bits per heavy atom. The fraction of sp³-hybridized carbons (Fsp3) is 0.286. The molecular weight excluding hydrogens is 331 g/mol. The number of methoxy groups -OCH3 is 1. The number of fused-ring (bicyclic) bond motifs is 1. The number of aromatic nitrogens is 2. The summed E-state index contributed by atoms with van der Waals surface area (Å²) in [6.07, 6.45) is 8.63. The summed E-state index contributed by atoms with van der Waals surface area (Å²) in [7, 11) is 1.65. The van der Waals surface area contributed by atoms with E-state index >= 15 is 0 Å². The molecule has 134 valence electrons. The number of benzene rings is 2. The molecule has 1 heterocycles. The van der Waals surface area contributed by atoms with Crippen LogP contribution in [0.4, 0.5) is 4.39 Å². The zero-order valence-corrected chi connectivity index (χ0v) is 14.7. The summed E-state index contributed by atoms with van der Waals surface area (Å²) in [6.45, 7) is 0. The van der Waals surface area contributed by atoms with Gasteiger partial charge in [-0.25, -0.2) is 9.37 Å². The molecule has 0 aliphatic heterocycles. The third kappa shape index (κ3) is 3.43. The van der Waals surface area contributed by atoms with Crippen molar-refractivity contribution in [2.75, 3.05) is 7.11 Å². The lowest BCUT2D eigenvalue weighted by molar-refractivity contribution is 0.200. The molecule has 0 amide bonds. The van der Waals surface area contributed by atoms with Gasteiger partial charge in [0.2, 0.25) is 0 Å². The van der Waals surface area contributed by atoms with Gasteiger partial charge in [-0.2, -0.15) is 0 Å². The zero-order chi connectivity index (χ0) is 17.9. The summed E-state index contributed by atoms with van der Waals surface area (Å²) in [5.41, 5.74) is 2.35. The smallest absolute Gasteiger partial charge is 0.168 e. The molecule has 0 spiro atoms. The van der Waals surface area contributed by atoms with Crippen molar-refractivity contribution in [3.63, 3.8) is 0 Å². The first-order valence-electron chi connectivity index (χ1n) is 8.90. The topological polar surface area (TPSA) is 47.1 Å². The number of hydrogen-bond donors (Lipinski definition) is 1. The third-order valence-corrected chi connectivity index (χ3v) is 4.70. The van der Waals surface area contributed by atoms with E-state index in [1.165, 1.54) is 25.0 Å². The first-order valence-corrected chi connectivity index (χ1v) is 8.90. The minimum Gasteiger partial charge on any atom is -0.493 e. The molecule has 26 heavy (non-hydrogen) atoms. The molecule has 1 aliphatic rings. The van der Waals surface area contributed by atoms with E-state index in [4.69, 9.17) is 9.47 Å². The lowest BCUT2D eigenvalue weighted by atomic mass is 10.1. The summed E-state index contributed by atoms with van der Waals surface area (Å²) in [4.78, 5) is 7.59. The Labute approximate surface area is 151 Å². The van der Waals surface area contributed by atoms with E-state index in [1.54, 1.807) is 13.2 Å². The summed E-state index contributed by atoms with van der Waals surface area (Å²) >= 11 is 0. The Hall–Kier alpha value is -2.82. The molecule has 0 radical (unpaired) electrons. The van der Waals surface area contributed by atoms with E-state index in [0.717, 1.165) is 35.4 Å². The fourth-order valence-corrected chi connectivity index (χ4v) is 3.37. The predicted octanol–water partition coefficient (Wildman–Crippen LogP) is 5.20. The van der Waals surface area contributed by atoms with Gasteiger partial charge in [0.05, 0.1) is 24.2 Å². The second kappa shape index (κ2) is 7.20. The van der Waals surface area contributed by atoms with Gasteiger partial charge in [0.25, 0.3) is 0 Å². The van der Waals surface area contributed by atoms with Crippen LogP contribution in [0, 0.1) is 5.82 Å². The number of rotatable bonds is 5. The van der Waals surface area contributed by atoms with Crippen LogP contribution < -0.4 is 9.47 Å². The molecule has 4 rings (SSSR count). The van der Waals surface area contributed by atoms with E-state index in [-0.39, 0.29) is 11.9 Å². The molecule has 4 nitrogen and oxygen atoms in total. The van der Waals surface area contributed by atoms with Crippen molar-refractivity contribution in [2.45, 2.75) is 31.8 Å². The highest BCUT2D eigenvalue weighted by Gasteiger charge is 2.19. The van der Waals surface area contributed by atoms with Crippen LogP contribution in [0.3, 0.4) is 0 Å². The molecule has 1 saturated carbocycles. The molecule has 3 aromatic rings. The van der Waals surface area contributed by atoms with Crippen LogP contribution in [0.15, 0.2) is 36.4 Å². The average Bonchev–Trinajstić information content (AvgIpc) is 3.29. The molecule has 1 fully saturated rings. The molecule has 2 aromatic carbocycles. The number of hydrogen-bond acceptors (Lipinski definition) is 3. The summed E-state index contributed by atoms with van der Waals surface area (Å²) < 4.78 is 25.0. The van der Waals surface area contributed by atoms with Crippen LogP contribution >= 0.6 is 0 Å². The predicted molar refractivity (Wildman–Crippen MR) is 101 cm³/mol. The van der Waals surface area contributed by atoms with Crippen LogP contribution in [0.5, 0.6) is 11.5 Å². The average molecular weight is 352 g/mol. The minimum atomic E-state index is -0.292. The Morgan fingerprint density at radius 3 is 2.81 bits per heavy atom. The quantitative estimate of drug-likeness (QED) is 0.686. The van der Waals surface area contributed by atoms with E-state index < -0.39 is 0 Å². The number of nitrogens with zero attached hydrogens (tertiary/aromatic N) is 1. The van der Waals surface area contributed by atoms with Crippen molar-refractivity contribution >= 4 is 23.2 Å². The maximum absolute atomic E-state index is 13.3. The first-order chi connectivity index (χ1) is 12.7. The molecular formula is C21H21FN2O2. The Bertz CT molecular complexity index is 942. The maximum Gasteiger partial charge on any atom is 0.168 e. The fourth-order valence-electron chi connectivity index (χ4n) is 3.37. The Kier molecular flexibility index (Phi) is 4.61. The zero-order valence-electron chi connectivity index (χ0n) is 14.7. The van der Waals surface area contributed by atoms with Crippen LogP contribution in [-0.4, -0.2) is 23.2 Å². The Morgan fingerprint density at radius 1 is 1.15 bits per heavy atom. The molecule has 1 aliphatic carbocycles. The van der Waals surface area contributed by atoms with Crippen LogP contribution in [0.25, 0.3) is 23.2 Å². The van der Waals surface area contributed by atoms with Crippen molar-refractivity contribution in [3.8, 4) is 11.5 Å². The molecule has 0 bridgehead atoms.